The van der Waals surface area contributed by atoms with Crippen molar-refractivity contribution in [2.45, 2.75) is 20.3 Å². The van der Waals surface area contributed by atoms with Gasteiger partial charge >= 0.3 is 0 Å². The standard InChI is InChI=1S/C13H16ClFN2O/c1-8-3-4-17(7-9(8)2)13(18)11-5-10(15)6-16-12(11)14/h5-6,8-9H,3-4,7H2,1-2H3. The van der Waals surface area contributed by atoms with E-state index in [4.69, 9.17) is 11.6 Å². The van der Waals surface area contributed by atoms with E-state index in [9.17, 15) is 9.18 Å². The van der Waals surface area contributed by atoms with E-state index in [-0.39, 0.29) is 16.6 Å². The van der Waals surface area contributed by atoms with Gasteiger partial charge in [-0.05, 0) is 24.3 Å². The van der Waals surface area contributed by atoms with E-state index in [2.05, 4.69) is 18.8 Å². The fourth-order valence-corrected chi connectivity index (χ4v) is 2.37. The molecule has 0 aliphatic carbocycles. The number of hydrogen-bond acceptors (Lipinski definition) is 2. The van der Waals surface area contributed by atoms with Gasteiger partial charge in [-0.2, -0.15) is 0 Å². The lowest BCUT2D eigenvalue weighted by Crippen LogP contribution is -2.42. The lowest BCUT2D eigenvalue weighted by Gasteiger charge is -2.35. The summed E-state index contributed by atoms with van der Waals surface area (Å²) in [5.74, 6) is 0.282. The summed E-state index contributed by atoms with van der Waals surface area (Å²) < 4.78 is 13.1. The molecule has 2 rings (SSSR count). The van der Waals surface area contributed by atoms with Crippen molar-refractivity contribution < 1.29 is 9.18 Å². The molecule has 18 heavy (non-hydrogen) atoms. The Kier molecular flexibility index (Phi) is 3.85. The van der Waals surface area contributed by atoms with Crippen LogP contribution in [0.2, 0.25) is 5.15 Å². The number of rotatable bonds is 1. The van der Waals surface area contributed by atoms with Crippen LogP contribution >= 0.6 is 11.6 Å². The Morgan fingerprint density at radius 3 is 2.89 bits per heavy atom. The predicted molar refractivity (Wildman–Crippen MR) is 68.1 cm³/mol. The topological polar surface area (TPSA) is 33.2 Å². The molecule has 0 aromatic carbocycles. The normalized spacial score (nSPS) is 24.1. The molecule has 5 heteroatoms. The molecular weight excluding hydrogens is 255 g/mol. The summed E-state index contributed by atoms with van der Waals surface area (Å²) in [5.41, 5.74) is 0.151. The molecule has 2 heterocycles. The first-order chi connectivity index (χ1) is 8.49. The van der Waals surface area contributed by atoms with Gasteiger partial charge in [0, 0.05) is 13.1 Å². The second kappa shape index (κ2) is 5.22. The Morgan fingerprint density at radius 1 is 1.50 bits per heavy atom. The van der Waals surface area contributed by atoms with Crippen LogP contribution in [-0.4, -0.2) is 28.9 Å². The van der Waals surface area contributed by atoms with Gasteiger partial charge in [0.05, 0.1) is 11.8 Å². The SMILES string of the molecule is CC1CCN(C(=O)c2cc(F)cnc2Cl)CC1C. The lowest BCUT2D eigenvalue weighted by atomic mass is 9.88. The third kappa shape index (κ3) is 2.64. The maximum atomic E-state index is 13.1. The number of aromatic nitrogens is 1. The van der Waals surface area contributed by atoms with Gasteiger partial charge in [0.1, 0.15) is 11.0 Å². The molecule has 1 saturated heterocycles. The molecule has 1 aliphatic rings. The van der Waals surface area contributed by atoms with Crippen LogP contribution in [0.15, 0.2) is 12.3 Å². The average molecular weight is 271 g/mol. The highest BCUT2D eigenvalue weighted by atomic mass is 35.5. The van der Waals surface area contributed by atoms with Crippen molar-refractivity contribution in [2.24, 2.45) is 11.8 Å². The first kappa shape index (κ1) is 13.3. The molecule has 98 valence electrons. The summed E-state index contributed by atoms with van der Waals surface area (Å²) in [5, 5.41) is 0.0627. The highest BCUT2D eigenvalue weighted by Gasteiger charge is 2.27. The summed E-state index contributed by atoms with van der Waals surface area (Å²) in [6.07, 6.45) is 1.98. The van der Waals surface area contributed by atoms with Gasteiger partial charge < -0.3 is 4.90 Å². The molecule has 2 atom stereocenters. The van der Waals surface area contributed by atoms with Crippen molar-refractivity contribution in [2.75, 3.05) is 13.1 Å². The van der Waals surface area contributed by atoms with Crippen molar-refractivity contribution in [3.8, 4) is 0 Å². The van der Waals surface area contributed by atoms with Crippen LogP contribution in [0.3, 0.4) is 0 Å². The van der Waals surface area contributed by atoms with E-state index in [1.165, 1.54) is 0 Å². The van der Waals surface area contributed by atoms with Crippen molar-refractivity contribution in [3.05, 3.63) is 28.8 Å². The number of nitrogens with zero attached hydrogens (tertiary/aromatic N) is 2. The number of halogens is 2. The van der Waals surface area contributed by atoms with Crippen LogP contribution in [-0.2, 0) is 0 Å². The van der Waals surface area contributed by atoms with Crippen LogP contribution in [0.1, 0.15) is 30.6 Å². The molecule has 0 N–H and O–H groups in total. The molecule has 1 amide bonds. The number of carbonyl (C=O) groups is 1. The van der Waals surface area contributed by atoms with Crippen LogP contribution in [0, 0.1) is 17.7 Å². The first-order valence-electron chi connectivity index (χ1n) is 6.09. The molecule has 1 aliphatic heterocycles. The quantitative estimate of drug-likeness (QED) is 0.735. The van der Waals surface area contributed by atoms with E-state index in [0.717, 1.165) is 18.7 Å². The minimum Gasteiger partial charge on any atom is -0.338 e. The van der Waals surface area contributed by atoms with Gasteiger partial charge in [-0.1, -0.05) is 25.4 Å². The van der Waals surface area contributed by atoms with Crippen LogP contribution < -0.4 is 0 Å². The Hall–Kier alpha value is -1.16. The number of hydrogen-bond donors (Lipinski definition) is 0. The molecule has 0 saturated carbocycles. The van der Waals surface area contributed by atoms with Gasteiger partial charge in [-0.15, -0.1) is 0 Å². The largest absolute Gasteiger partial charge is 0.338 e. The number of amides is 1. The van der Waals surface area contributed by atoms with Gasteiger partial charge in [0.2, 0.25) is 0 Å². The molecule has 2 unspecified atom stereocenters. The Bertz CT molecular complexity index is 466. The molecule has 1 aromatic heterocycles. The molecule has 1 fully saturated rings. The summed E-state index contributed by atoms with van der Waals surface area (Å²) in [7, 11) is 0. The monoisotopic (exact) mass is 270 g/mol. The summed E-state index contributed by atoms with van der Waals surface area (Å²) in [6.45, 7) is 5.68. The second-order valence-corrected chi connectivity index (χ2v) is 5.34. The Morgan fingerprint density at radius 2 is 2.22 bits per heavy atom. The number of carbonyl (C=O) groups excluding carboxylic acids is 1. The zero-order valence-electron chi connectivity index (χ0n) is 10.5. The number of piperidine rings is 1. The molecule has 0 bridgehead atoms. The third-order valence-corrected chi connectivity index (χ3v) is 3.96. The zero-order chi connectivity index (χ0) is 13.3. The third-order valence-electron chi connectivity index (χ3n) is 3.66. The van der Waals surface area contributed by atoms with Gasteiger partial charge in [0.15, 0.2) is 0 Å². The molecule has 3 nitrogen and oxygen atoms in total. The fourth-order valence-electron chi connectivity index (χ4n) is 2.19. The number of pyridine rings is 1. The first-order valence-corrected chi connectivity index (χ1v) is 6.47. The fraction of sp³-hybridized carbons (Fsp3) is 0.538. The highest BCUT2D eigenvalue weighted by molar-refractivity contribution is 6.32. The molecule has 1 aromatic rings. The second-order valence-electron chi connectivity index (χ2n) is 4.99. The lowest BCUT2D eigenvalue weighted by molar-refractivity contribution is 0.0626. The van der Waals surface area contributed by atoms with E-state index >= 15 is 0 Å². The van der Waals surface area contributed by atoms with E-state index in [1.807, 2.05) is 0 Å². The molecule has 0 spiro atoms. The van der Waals surface area contributed by atoms with Gasteiger partial charge in [-0.3, -0.25) is 4.79 Å². The van der Waals surface area contributed by atoms with E-state index < -0.39 is 5.82 Å². The van der Waals surface area contributed by atoms with E-state index in [1.54, 1.807) is 4.90 Å². The highest BCUT2D eigenvalue weighted by Crippen LogP contribution is 2.25. The van der Waals surface area contributed by atoms with E-state index in [0.29, 0.717) is 24.9 Å². The van der Waals surface area contributed by atoms with Gasteiger partial charge in [0.25, 0.3) is 5.91 Å². The van der Waals surface area contributed by atoms with Crippen molar-refractivity contribution in [1.29, 1.82) is 0 Å². The summed E-state index contributed by atoms with van der Waals surface area (Å²) in [6, 6.07) is 1.15. The minimum atomic E-state index is -0.541. The van der Waals surface area contributed by atoms with Crippen molar-refractivity contribution >= 4 is 17.5 Å². The van der Waals surface area contributed by atoms with Crippen LogP contribution in [0.4, 0.5) is 4.39 Å². The van der Waals surface area contributed by atoms with Crippen LogP contribution in [0.5, 0.6) is 0 Å². The summed E-state index contributed by atoms with van der Waals surface area (Å²) >= 11 is 5.85. The smallest absolute Gasteiger partial charge is 0.257 e. The zero-order valence-corrected chi connectivity index (χ0v) is 11.2. The Balaban J connectivity index is 2.19. The minimum absolute atomic E-state index is 0.0627. The molecule has 0 radical (unpaired) electrons. The maximum absolute atomic E-state index is 13.1. The number of likely N-dealkylation sites (tertiary alicyclic amines) is 1. The average Bonchev–Trinajstić information content (AvgIpc) is 2.35. The predicted octanol–water partition coefficient (Wildman–Crippen LogP) is 2.99. The van der Waals surface area contributed by atoms with Crippen molar-refractivity contribution in [1.82, 2.24) is 9.88 Å². The summed E-state index contributed by atoms with van der Waals surface area (Å²) in [4.78, 5) is 17.7. The Labute approximate surface area is 111 Å². The van der Waals surface area contributed by atoms with Crippen LogP contribution in [0.25, 0.3) is 0 Å². The van der Waals surface area contributed by atoms with Gasteiger partial charge in [-0.25, -0.2) is 9.37 Å². The molecular formula is C13H16ClFN2O. The maximum Gasteiger partial charge on any atom is 0.257 e. The van der Waals surface area contributed by atoms with Crippen molar-refractivity contribution in [3.63, 3.8) is 0 Å².